The summed E-state index contributed by atoms with van der Waals surface area (Å²) in [5, 5.41) is 6.53. The van der Waals surface area contributed by atoms with Crippen LogP contribution in [-0.2, 0) is 6.54 Å². The molecule has 0 radical (unpaired) electrons. The second kappa shape index (κ2) is 6.44. The summed E-state index contributed by atoms with van der Waals surface area (Å²) in [5.74, 6) is 0.0193. The molecule has 0 spiro atoms. The highest BCUT2D eigenvalue weighted by Gasteiger charge is 2.15. The molecule has 0 aliphatic carbocycles. The number of amides is 1. The van der Waals surface area contributed by atoms with Crippen LogP contribution in [0.1, 0.15) is 27.3 Å². The smallest absolute Gasteiger partial charge is 0.292 e. The standard InChI is InChI=1S/C18H17N3O2/c1-12-3-7-14(8-4-12)11-19-17(22)16-20-18(23-21-16)15-9-5-13(2)6-10-15/h3-10H,11H2,1-2H3,(H,19,22). The first-order valence-electron chi connectivity index (χ1n) is 7.36. The van der Waals surface area contributed by atoms with E-state index in [1.807, 2.05) is 62.4 Å². The first-order valence-corrected chi connectivity index (χ1v) is 7.36. The molecule has 2 aromatic carbocycles. The van der Waals surface area contributed by atoms with Crippen LogP contribution in [0.5, 0.6) is 0 Å². The predicted molar refractivity (Wildman–Crippen MR) is 86.8 cm³/mol. The normalized spacial score (nSPS) is 10.5. The average molecular weight is 307 g/mol. The molecule has 0 bridgehead atoms. The first-order chi connectivity index (χ1) is 11.1. The van der Waals surface area contributed by atoms with Gasteiger partial charge in [-0.2, -0.15) is 4.98 Å². The van der Waals surface area contributed by atoms with Gasteiger partial charge in [0, 0.05) is 12.1 Å². The third-order valence-corrected chi connectivity index (χ3v) is 3.50. The van der Waals surface area contributed by atoms with Gasteiger partial charge in [-0.3, -0.25) is 4.79 Å². The van der Waals surface area contributed by atoms with E-state index in [4.69, 9.17) is 4.52 Å². The molecular formula is C18H17N3O2. The molecule has 1 N–H and O–H groups in total. The molecule has 1 heterocycles. The number of nitrogens with zero attached hydrogens (tertiary/aromatic N) is 2. The highest BCUT2D eigenvalue weighted by Crippen LogP contribution is 2.17. The fourth-order valence-corrected chi connectivity index (χ4v) is 2.10. The van der Waals surface area contributed by atoms with Gasteiger partial charge in [0.15, 0.2) is 0 Å². The van der Waals surface area contributed by atoms with Crippen molar-refractivity contribution in [2.24, 2.45) is 0 Å². The molecule has 0 aliphatic rings. The van der Waals surface area contributed by atoms with Crippen molar-refractivity contribution < 1.29 is 9.32 Å². The summed E-state index contributed by atoms with van der Waals surface area (Å²) in [7, 11) is 0. The Hall–Kier alpha value is -2.95. The van der Waals surface area contributed by atoms with Crippen LogP contribution in [0.4, 0.5) is 0 Å². The second-order valence-electron chi connectivity index (χ2n) is 5.46. The summed E-state index contributed by atoms with van der Waals surface area (Å²) in [6, 6.07) is 15.6. The first kappa shape index (κ1) is 15.0. The van der Waals surface area contributed by atoms with Crippen molar-refractivity contribution in [1.82, 2.24) is 15.5 Å². The molecule has 116 valence electrons. The van der Waals surface area contributed by atoms with Crippen LogP contribution in [-0.4, -0.2) is 16.0 Å². The molecule has 0 atom stereocenters. The SMILES string of the molecule is Cc1ccc(CNC(=O)c2noc(-c3ccc(C)cc3)n2)cc1. The van der Waals surface area contributed by atoms with Crippen molar-refractivity contribution >= 4 is 5.91 Å². The molecule has 0 saturated carbocycles. The minimum absolute atomic E-state index is 0.0349. The Morgan fingerprint density at radius 1 is 1.00 bits per heavy atom. The van der Waals surface area contributed by atoms with Crippen molar-refractivity contribution in [3.63, 3.8) is 0 Å². The minimum atomic E-state index is -0.354. The molecule has 1 amide bonds. The van der Waals surface area contributed by atoms with Crippen LogP contribution in [0.15, 0.2) is 53.1 Å². The Balaban J connectivity index is 1.66. The number of nitrogens with one attached hydrogen (secondary N) is 1. The number of hydrogen-bond donors (Lipinski definition) is 1. The van der Waals surface area contributed by atoms with Crippen molar-refractivity contribution in [3.8, 4) is 11.5 Å². The number of aryl methyl sites for hydroxylation is 2. The van der Waals surface area contributed by atoms with Crippen LogP contribution in [0.3, 0.4) is 0 Å². The second-order valence-corrected chi connectivity index (χ2v) is 5.46. The van der Waals surface area contributed by atoms with Crippen molar-refractivity contribution in [1.29, 1.82) is 0 Å². The van der Waals surface area contributed by atoms with Gasteiger partial charge in [-0.25, -0.2) is 0 Å². The Morgan fingerprint density at radius 3 is 2.26 bits per heavy atom. The van der Waals surface area contributed by atoms with E-state index in [9.17, 15) is 4.79 Å². The van der Waals surface area contributed by atoms with Gasteiger partial charge in [0.2, 0.25) is 0 Å². The highest BCUT2D eigenvalue weighted by molar-refractivity contribution is 5.90. The Bertz CT molecular complexity index is 805. The molecule has 1 aromatic heterocycles. The van der Waals surface area contributed by atoms with E-state index in [1.54, 1.807) is 0 Å². The zero-order chi connectivity index (χ0) is 16.2. The van der Waals surface area contributed by atoms with Crippen molar-refractivity contribution in [3.05, 3.63) is 71.0 Å². The fourth-order valence-electron chi connectivity index (χ4n) is 2.10. The van der Waals surface area contributed by atoms with Gasteiger partial charge in [-0.15, -0.1) is 0 Å². The number of hydrogen-bond acceptors (Lipinski definition) is 4. The summed E-state index contributed by atoms with van der Waals surface area (Å²) < 4.78 is 5.16. The van der Waals surface area contributed by atoms with Gasteiger partial charge in [0.1, 0.15) is 0 Å². The molecule has 0 saturated heterocycles. The molecule has 3 rings (SSSR count). The monoisotopic (exact) mass is 307 g/mol. The molecule has 0 fully saturated rings. The lowest BCUT2D eigenvalue weighted by Crippen LogP contribution is -2.23. The van der Waals surface area contributed by atoms with Crippen LogP contribution < -0.4 is 5.32 Å². The van der Waals surface area contributed by atoms with E-state index in [0.29, 0.717) is 12.4 Å². The van der Waals surface area contributed by atoms with Crippen LogP contribution >= 0.6 is 0 Å². The van der Waals surface area contributed by atoms with E-state index >= 15 is 0 Å². The third kappa shape index (κ3) is 3.63. The maximum absolute atomic E-state index is 12.1. The highest BCUT2D eigenvalue weighted by atomic mass is 16.5. The quantitative estimate of drug-likeness (QED) is 0.803. The number of rotatable bonds is 4. The molecule has 0 unspecified atom stereocenters. The maximum atomic E-state index is 12.1. The largest absolute Gasteiger partial charge is 0.345 e. The van der Waals surface area contributed by atoms with Crippen LogP contribution in [0, 0.1) is 13.8 Å². The Labute approximate surface area is 134 Å². The molecule has 23 heavy (non-hydrogen) atoms. The number of carbonyl (C=O) groups excluding carboxylic acids is 1. The van der Waals surface area contributed by atoms with Crippen LogP contribution in [0.2, 0.25) is 0 Å². The molecular weight excluding hydrogens is 290 g/mol. The van der Waals surface area contributed by atoms with Crippen molar-refractivity contribution in [2.75, 3.05) is 0 Å². The van der Waals surface area contributed by atoms with Gasteiger partial charge < -0.3 is 9.84 Å². The van der Waals surface area contributed by atoms with Gasteiger partial charge in [-0.1, -0.05) is 52.7 Å². The Kier molecular flexibility index (Phi) is 4.19. The van der Waals surface area contributed by atoms with E-state index in [1.165, 1.54) is 5.56 Å². The van der Waals surface area contributed by atoms with Gasteiger partial charge in [0.25, 0.3) is 17.6 Å². The summed E-state index contributed by atoms with van der Waals surface area (Å²) in [6.45, 7) is 4.45. The summed E-state index contributed by atoms with van der Waals surface area (Å²) in [4.78, 5) is 16.2. The average Bonchev–Trinajstić information content (AvgIpc) is 3.05. The topological polar surface area (TPSA) is 68.0 Å². The molecule has 0 aliphatic heterocycles. The number of benzene rings is 2. The fraction of sp³-hybridized carbons (Fsp3) is 0.167. The maximum Gasteiger partial charge on any atom is 0.292 e. The van der Waals surface area contributed by atoms with Crippen LogP contribution in [0.25, 0.3) is 11.5 Å². The molecule has 5 heteroatoms. The van der Waals surface area contributed by atoms with Crippen molar-refractivity contribution in [2.45, 2.75) is 20.4 Å². The summed E-state index contributed by atoms with van der Waals surface area (Å²) >= 11 is 0. The number of aromatic nitrogens is 2. The lowest BCUT2D eigenvalue weighted by Gasteiger charge is -2.02. The third-order valence-electron chi connectivity index (χ3n) is 3.50. The van der Waals surface area contributed by atoms with Gasteiger partial charge >= 0.3 is 0 Å². The summed E-state index contributed by atoms with van der Waals surface area (Å²) in [6.07, 6.45) is 0. The van der Waals surface area contributed by atoms with E-state index in [2.05, 4.69) is 15.5 Å². The molecule has 5 nitrogen and oxygen atoms in total. The van der Waals surface area contributed by atoms with Gasteiger partial charge in [-0.05, 0) is 31.5 Å². The minimum Gasteiger partial charge on any atom is -0.345 e. The Morgan fingerprint density at radius 2 is 1.61 bits per heavy atom. The van der Waals surface area contributed by atoms with E-state index < -0.39 is 0 Å². The van der Waals surface area contributed by atoms with Gasteiger partial charge in [0.05, 0.1) is 0 Å². The zero-order valence-electron chi connectivity index (χ0n) is 13.0. The van der Waals surface area contributed by atoms with E-state index in [-0.39, 0.29) is 11.7 Å². The lowest BCUT2D eigenvalue weighted by atomic mass is 10.1. The number of carbonyl (C=O) groups is 1. The van der Waals surface area contributed by atoms with E-state index in [0.717, 1.165) is 16.7 Å². The molecule has 3 aromatic rings. The predicted octanol–water partition coefficient (Wildman–Crippen LogP) is 3.28. The zero-order valence-corrected chi connectivity index (χ0v) is 13.0. The lowest BCUT2D eigenvalue weighted by molar-refractivity contribution is 0.0937. The summed E-state index contributed by atoms with van der Waals surface area (Å²) in [5.41, 5.74) is 4.14.